The van der Waals surface area contributed by atoms with Crippen molar-refractivity contribution < 1.29 is 53.4 Å². The highest BCUT2D eigenvalue weighted by atomic mass is 32.2. The van der Waals surface area contributed by atoms with Crippen molar-refractivity contribution in [3.63, 3.8) is 0 Å². The van der Waals surface area contributed by atoms with Crippen molar-refractivity contribution in [3.8, 4) is 0 Å². The van der Waals surface area contributed by atoms with Gasteiger partial charge in [0, 0.05) is 32.7 Å². The number of carboxylic acids is 2. The van der Waals surface area contributed by atoms with E-state index < -0.39 is 103 Å². The zero-order chi connectivity index (χ0) is 45.5. The van der Waals surface area contributed by atoms with Gasteiger partial charge in [0.1, 0.15) is 30.2 Å². The van der Waals surface area contributed by atoms with Crippen LogP contribution in [0.1, 0.15) is 69.9 Å². The molecule has 7 amide bonds. The third-order valence-electron chi connectivity index (χ3n) is 9.44. The molecule has 9 N–H and O–H groups in total. The maximum absolute atomic E-state index is 14.5. The molecule has 0 heterocycles. The number of nitrogens with zero attached hydrogens (tertiary/aromatic N) is 1. The largest absolute Gasteiger partial charge is 0.481 e. The summed E-state index contributed by atoms with van der Waals surface area (Å²) in [5, 5.41) is 31.1. The van der Waals surface area contributed by atoms with Gasteiger partial charge in [-0.3, -0.25) is 43.2 Å². The Morgan fingerprint density at radius 1 is 0.656 bits per heavy atom. The molecule has 19 heteroatoms. The molecule has 0 bridgehead atoms. The first-order chi connectivity index (χ1) is 28.9. The first kappa shape index (κ1) is 51.2. The molecule has 2 rings (SSSR count). The van der Waals surface area contributed by atoms with Crippen LogP contribution in [0.4, 0.5) is 0 Å². The minimum Gasteiger partial charge on any atom is -0.481 e. The average molecular weight is 870 g/mol. The molecule has 2 aromatic carbocycles. The summed E-state index contributed by atoms with van der Waals surface area (Å²) in [6.07, 6.45) is 0.860. The Bertz CT molecular complexity index is 1800. The van der Waals surface area contributed by atoms with E-state index >= 15 is 0 Å². The van der Waals surface area contributed by atoms with Gasteiger partial charge < -0.3 is 47.4 Å². The number of amides is 7. The fraction of sp³-hybridized carbons (Fsp3) is 0.500. The van der Waals surface area contributed by atoms with Crippen LogP contribution in [0, 0.1) is 5.92 Å². The fourth-order valence-electron chi connectivity index (χ4n) is 6.20. The summed E-state index contributed by atoms with van der Waals surface area (Å²) in [5.74, 6) is -6.92. The number of rotatable bonds is 28. The van der Waals surface area contributed by atoms with Crippen LogP contribution in [0.15, 0.2) is 60.7 Å². The Hall–Kier alpha value is -5.98. The van der Waals surface area contributed by atoms with Crippen LogP contribution in [-0.2, 0) is 56.0 Å². The maximum atomic E-state index is 14.5. The quantitative estimate of drug-likeness (QED) is 0.0589. The molecule has 0 aliphatic rings. The summed E-state index contributed by atoms with van der Waals surface area (Å²) in [6, 6.07) is 11.6. The summed E-state index contributed by atoms with van der Waals surface area (Å²) in [5.41, 5.74) is 6.80. The molecule has 0 saturated heterocycles. The van der Waals surface area contributed by atoms with E-state index in [2.05, 4.69) is 26.6 Å². The van der Waals surface area contributed by atoms with E-state index in [-0.39, 0.29) is 44.4 Å². The fourth-order valence-corrected chi connectivity index (χ4v) is 6.68. The molecule has 0 aliphatic carbocycles. The highest BCUT2D eigenvalue weighted by Crippen LogP contribution is 2.14. The lowest BCUT2D eigenvalue weighted by atomic mass is 10.00. The summed E-state index contributed by atoms with van der Waals surface area (Å²) in [4.78, 5) is 117. The van der Waals surface area contributed by atoms with Gasteiger partial charge in [-0.05, 0) is 54.7 Å². The van der Waals surface area contributed by atoms with Gasteiger partial charge in [-0.1, -0.05) is 74.5 Å². The summed E-state index contributed by atoms with van der Waals surface area (Å²) < 4.78 is 0. The van der Waals surface area contributed by atoms with Crippen molar-refractivity contribution in [2.45, 2.75) is 102 Å². The van der Waals surface area contributed by atoms with Crippen molar-refractivity contribution in [2.75, 3.05) is 25.6 Å². The third kappa shape index (κ3) is 19.8. The van der Waals surface area contributed by atoms with Crippen molar-refractivity contribution in [3.05, 3.63) is 71.8 Å². The molecule has 0 unspecified atom stereocenters. The first-order valence-electron chi connectivity index (χ1n) is 19.9. The highest BCUT2D eigenvalue weighted by Gasteiger charge is 2.35. The topological polar surface area (TPSA) is 283 Å². The second-order valence-corrected chi connectivity index (χ2v) is 15.9. The number of primary amides is 1. The zero-order valence-corrected chi connectivity index (χ0v) is 35.8. The Labute approximate surface area is 359 Å². The third-order valence-corrected chi connectivity index (χ3v) is 10.1. The number of benzene rings is 2. The van der Waals surface area contributed by atoms with E-state index in [1.165, 1.54) is 18.8 Å². The molecule has 18 nitrogen and oxygen atoms in total. The van der Waals surface area contributed by atoms with Gasteiger partial charge in [0.05, 0.1) is 13.0 Å². The molecule has 0 aliphatic heterocycles. The van der Waals surface area contributed by atoms with Gasteiger partial charge >= 0.3 is 11.9 Å². The number of carboxylic acid groups (broad SMARTS) is 2. The normalized spacial score (nSPS) is 13.3. The maximum Gasteiger partial charge on any atom is 0.303 e. The van der Waals surface area contributed by atoms with Crippen LogP contribution in [0.3, 0.4) is 0 Å². The number of nitrogens with one attached hydrogen (secondary N) is 5. The van der Waals surface area contributed by atoms with Crippen molar-refractivity contribution in [1.82, 2.24) is 31.5 Å². The Balaban J connectivity index is 2.38. The average Bonchev–Trinajstić information content (AvgIpc) is 3.21. The second kappa shape index (κ2) is 27.0. The number of likely N-dealkylation sites (N-methyl/N-ethyl adjacent to an activating group) is 1. The summed E-state index contributed by atoms with van der Waals surface area (Å²) >= 11 is 1.47. The number of hydrogen-bond donors (Lipinski definition) is 8. The van der Waals surface area contributed by atoms with Gasteiger partial charge in [0.25, 0.3) is 0 Å². The van der Waals surface area contributed by atoms with Gasteiger partial charge in [-0.15, -0.1) is 0 Å². The van der Waals surface area contributed by atoms with Crippen LogP contribution >= 0.6 is 11.8 Å². The van der Waals surface area contributed by atoms with Crippen molar-refractivity contribution in [2.24, 2.45) is 11.7 Å². The molecule has 0 aromatic heterocycles. The van der Waals surface area contributed by atoms with E-state index in [4.69, 9.17) is 10.8 Å². The van der Waals surface area contributed by atoms with E-state index in [0.29, 0.717) is 23.3 Å². The number of thioether (sulfide) groups is 1. The molecule has 0 spiro atoms. The number of aliphatic carboxylic acids is 2. The predicted octanol–water partition coefficient (Wildman–Crippen LogP) is 0.758. The van der Waals surface area contributed by atoms with E-state index in [0.717, 1.165) is 4.90 Å². The van der Waals surface area contributed by atoms with Gasteiger partial charge in [-0.25, -0.2) is 0 Å². The summed E-state index contributed by atoms with van der Waals surface area (Å²) in [7, 11) is 1.37. The standard InChI is InChI=1S/C42H59N7O11S/c1-26(2)22-31(40(58)47-29(38(43)56)20-21-61-4)46-35(51)25-44-41(59)33(24-28-14-9-6-10-15-28)49(3)42(60)32(23-27-12-7-5-8-13-27)48-39(57)30(16-11-17-36(52)53)45-34(50)18-19-37(54)55/h5-10,12-15,26,29-33H,11,16-25H2,1-4H3,(H2,43,56)(H,44,59)(H,45,50)(H,46,51)(H,47,58)(H,48,57)(H,52,53)(H,54,55)/t29-,30-,31-,32-,33-/m0/s1. The van der Waals surface area contributed by atoms with Gasteiger partial charge in [0.2, 0.25) is 41.4 Å². The second-order valence-electron chi connectivity index (χ2n) is 14.9. The molecule has 334 valence electrons. The van der Waals surface area contributed by atoms with Crippen LogP contribution < -0.4 is 32.3 Å². The smallest absolute Gasteiger partial charge is 0.303 e. The minimum absolute atomic E-state index is 0.0110. The highest BCUT2D eigenvalue weighted by molar-refractivity contribution is 7.98. The van der Waals surface area contributed by atoms with Crippen LogP contribution in [0.25, 0.3) is 0 Å². The lowest BCUT2D eigenvalue weighted by Gasteiger charge is -2.32. The zero-order valence-electron chi connectivity index (χ0n) is 35.0. The SMILES string of the molecule is CSCC[C@H](NC(=O)[C@H](CC(C)C)NC(=O)CNC(=O)[C@H](Cc1ccccc1)N(C)C(=O)[C@H](Cc1ccccc1)NC(=O)[C@H](CCCC(=O)O)NC(=O)CCC(=O)O)C(N)=O. The van der Waals surface area contributed by atoms with Crippen molar-refractivity contribution in [1.29, 1.82) is 0 Å². The molecule has 5 atom stereocenters. The van der Waals surface area contributed by atoms with Crippen LogP contribution in [0.5, 0.6) is 0 Å². The molecule has 61 heavy (non-hydrogen) atoms. The summed E-state index contributed by atoms with van der Waals surface area (Å²) in [6.45, 7) is 3.11. The number of nitrogens with two attached hydrogens (primary N) is 1. The lowest BCUT2D eigenvalue weighted by Crippen LogP contribution is -2.58. The molecule has 0 radical (unpaired) electrons. The Kier molecular flexibility index (Phi) is 22.6. The predicted molar refractivity (Wildman–Crippen MR) is 228 cm³/mol. The molecule has 2 aromatic rings. The minimum atomic E-state index is -1.32. The first-order valence-corrected chi connectivity index (χ1v) is 21.3. The molecule has 0 fully saturated rings. The van der Waals surface area contributed by atoms with E-state index in [1.54, 1.807) is 60.7 Å². The van der Waals surface area contributed by atoms with E-state index in [1.807, 2.05) is 20.1 Å². The lowest BCUT2D eigenvalue weighted by molar-refractivity contribution is -0.142. The number of hydrogen-bond acceptors (Lipinski definition) is 10. The van der Waals surface area contributed by atoms with Gasteiger partial charge in [-0.2, -0.15) is 11.8 Å². The monoisotopic (exact) mass is 869 g/mol. The molecular formula is C42H59N7O11S. The molecule has 0 saturated carbocycles. The Morgan fingerprint density at radius 3 is 1.74 bits per heavy atom. The van der Waals surface area contributed by atoms with Crippen LogP contribution in [-0.4, -0.2) is 124 Å². The van der Waals surface area contributed by atoms with Crippen molar-refractivity contribution >= 4 is 65.1 Å². The molecular weight excluding hydrogens is 811 g/mol. The van der Waals surface area contributed by atoms with Crippen LogP contribution in [0.2, 0.25) is 0 Å². The Morgan fingerprint density at radius 2 is 1.20 bits per heavy atom. The number of carbonyl (C=O) groups excluding carboxylic acids is 7. The number of carbonyl (C=O) groups is 9. The van der Waals surface area contributed by atoms with Gasteiger partial charge in [0.15, 0.2) is 0 Å². The van der Waals surface area contributed by atoms with E-state index in [9.17, 15) is 48.3 Å².